The molecule has 5 heteroatoms. The highest BCUT2D eigenvalue weighted by Gasteiger charge is 2.23. The molecule has 0 spiro atoms. The molecule has 0 fully saturated rings. The topological polar surface area (TPSA) is 24.9 Å². The largest absolute Gasteiger partial charge is 0.375 e. The molecule has 2 aromatic heterocycles. The van der Waals surface area contributed by atoms with E-state index in [4.69, 9.17) is 11.6 Å². The zero-order chi connectivity index (χ0) is 13.4. The van der Waals surface area contributed by atoms with Crippen LogP contribution in [0.25, 0.3) is 0 Å². The molecular formula is C14H14ClIN2S. The van der Waals surface area contributed by atoms with Gasteiger partial charge in [0, 0.05) is 11.1 Å². The third-order valence-corrected chi connectivity index (χ3v) is 5.77. The van der Waals surface area contributed by atoms with Crippen molar-refractivity contribution in [2.24, 2.45) is 0 Å². The van der Waals surface area contributed by atoms with Gasteiger partial charge in [0.05, 0.1) is 14.6 Å². The summed E-state index contributed by atoms with van der Waals surface area (Å²) in [6, 6.07) is 4.66. The van der Waals surface area contributed by atoms with E-state index in [9.17, 15) is 0 Å². The van der Waals surface area contributed by atoms with Crippen molar-refractivity contribution in [2.45, 2.75) is 32.2 Å². The van der Waals surface area contributed by atoms with Crippen molar-refractivity contribution in [3.63, 3.8) is 0 Å². The Balaban J connectivity index is 1.92. The van der Waals surface area contributed by atoms with E-state index in [1.165, 1.54) is 26.2 Å². The highest BCUT2D eigenvalue weighted by Crippen LogP contribution is 2.39. The Morgan fingerprint density at radius 2 is 2.37 bits per heavy atom. The molecular weight excluding hydrogens is 391 g/mol. The molecule has 3 rings (SSSR count). The van der Waals surface area contributed by atoms with Crippen molar-refractivity contribution in [3.8, 4) is 0 Å². The van der Waals surface area contributed by atoms with Gasteiger partial charge in [0.15, 0.2) is 5.15 Å². The predicted octanol–water partition coefficient (Wildman–Crippen LogP) is 5.20. The summed E-state index contributed by atoms with van der Waals surface area (Å²) in [5.74, 6) is 0. The van der Waals surface area contributed by atoms with Gasteiger partial charge in [-0.1, -0.05) is 11.6 Å². The molecule has 0 aliphatic heterocycles. The Hall–Kier alpha value is -0.330. The fourth-order valence-electron chi connectivity index (χ4n) is 2.54. The van der Waals surface area contributed by atoms with Crippen LogP contribution in [0.15, 0.2) is 18.3 Å². The minimum absolute atomic E-state index is 0.365. The van der Waals surface area contributed by atoms with Crippen molar-refractivity contribution >= 4 is 51.2 Å². The van der Waals surface area contributed by atoms with Crippen molar-refractivity contribution in [3.05, 3.63) is 42.4 Å². The van der Waals surface area contributed by atoms with Crippen LogP contribution in [0.5, 0.6) is 0 Å². The van der Waals surface area contributed by atoms with E-state index in [0.717, 1.165) is 17.7 Å². The molecule has 0 amide bonds. The standard InChI is InChI=1S/C14H14ClIN2S/c1-8-5-6-17-14(15)13(8)18-10-3-2-4-11-9(10)7-12(16)19-11/h5-7,10,18H,2-4H2,1H3. The summed E-state index contributed by atoms with van der Waals surface area (Å²) in [4.78, 5) is 5.69. The molecule has 100 valence electrons. The normalized spacial score (nSPS) is 18.2. The predicted molar refractivity (Wildman–Crippen MR) is 90.3 cm³/mol. The van der Waals surface area contributed by atoms with Gasteiger partial charge in [0.25, 0.3) is 0 Å². The second-order valence-electron chi connectivity index (χ2n) is 4.81. The van der Waals surface area contributed by atoms with Gasteiger partial charge >= 0.3 is 0 Å². The molecule has 1 aliphatic rings. The Morgan fingerprint density at radius 1 is 1.53 bits per heavy atom. The first-order chi connectivity index (χ1) is 9.15. The minimum Gasteiger partial charge on any atom is -0.375 e. The van der Waals surface area contributed by atoms with Crippen LogP contribution in [0.3, 0.4) is 0 Å². The molecule has 2 heterocycles. The van der Waals surface area contributed by atoms with Gasteiger partial charge in [-0.15, -0.1) is 11.3 Å². The molecule has 1 atom stereocenters. The van der Waals surface area contributed by atoms with Crippen LogP contribution in [-0.2, 0) is 6.42 Å². The van der Waals surface area contributed by atoms with Crippen LogP contribution in [-0.4, -0.2) is 4.98 Å². The first-order valence-electron chi connectivity index (χ1n) is 6.31. The maximum absolute atomic E-state index is 6.21. The summed E-state index contributed by atoms with van der Waals surface area (Å²) in [5.41, 5.74) is 3.57. The van der Waals surface area contributed by atoms with Gasteiger partial charge in [-0.25, -0.2) is 4.98 Å². The molecule has 0 saturated heterocycles. The molecule has 1 aliphatic carbocycles. The Labute approximate surface area is 135 Å². The SMILES string of the molecule is Cc1ccnc(Cl)c1NC1CCCc2sc(I)cc21. The number of pyridine rings is 1. The van der Waals surface area contributed by atoms with E-state index in [2.05, 4.69) is 45.9 Å². The monoisotopic (exact) mass is 404 g/mol. The minimum atomic E-state index is 0.365. The zero-order valence-corrected chi connectivity index (χ0v) is 14.3. The Kier molecular flexibility index (Phi) is 4.01. The van der Waals surface area contributed by atoms with Crippen molar-refractivity contribution in [1.82, 2.24) is 4.98 Å². The van der Waals surface area contributed by atoms with E-state index in [1.807, 2.05) is 17.4 Å². The molecule has 1 N–H and O–H groups in total. The lowest BCUT2D eigenvalue weighted by Gasteiger charge is -2.25. The van der Waals surface area contributed by atoms with Crippen LogP contribution in [0.1, 0.15) is 34.9 Å². The summed E-state index contributed by atoms with van der Waals surface area (Å²) < 4.78 is 1.37. The molecule has 1 unspecified atom stereocenters. The Morgan fingerprint density at radius 3 is 3.16 bits per heavy atom. The van der Waals surface area contributed by atoms with Gasteiger partial charge in [0.1, 0.15) is 0 Å². The van der Waals surface area contributed by atoms with Crippen LogP contribution in [0.2, 0.25) is 5.15 Å². The quantitative estimate of drug-likeness (QED) is 0.550. The average molecular weight is 405 g/mol. The molecule has 0 aromatic carbocycles. The third-order valence-electron chi connectivity index (χ3n) is 3.52. The summed E-state index contributed by atoms with van der Waals surface area (Å²) in [5, 5.41) is 4.16. The molecule has 2 aromatic rings. The first kappa shape index (κ1) is 13.6. The number of anilines is 1. The number of nitrogens with zero attached hydrogens (tertiary/aromatic N) is 1. The van der Waals surface area contributed by atoms with Crippen LogP contribution < -0.4 is 5.32 Å². The third kappa shape index (κ3) is 2.76. The number of aryl methyl sites for hydroxylation is 2. The number of hydrogen-bond donors (Lipinski definition) is 1. The van der Waals surface area contributed by atoms with Crippen molar-refractivity contribution in [2.75, 3.05) is 5.32 Å². The number of hydrogen-bond acceptors (Lipinski definition) is 3. The number of halogens is 2. The number of nitrogens with one attached hydrogen (secondary N) is 1. The summed E-state index contributed by atoms with van der Waals surface area (Å²) in [7, 11) is 0. The van der Waals surface area contributed by atoms with Gasteiger partial charge in [-0.3, -0.25) is 0 Å². The maximum Gasteiger partial charge on any atom is 0.152 e. The second-order valence-corrected chi connectivity index (χ2v) is 8.20. The Bertz CT molecular complexity index is 591. The van der Waals surface area contributed by atoms with Crippen molar-refractivity contribution < 1.29 is 0 Å². The summed E-state index contributed by atoms with van der Waals surface area (Å²) in [6.07, 6.45) is 5.35. The molecule has 0 bridgehead atoms. The van der Waals surface area contributed by atoms with E-state index >= 15 is 0 Å². The highest BCUT2D eigenvalue weighted by molar-refractivity contribution is 14.1. The van der Waals surface area contributed by atoms with Gasteiger partial charge in [0.2, 0.25) is 0 Å². The number of aromatic nitrogens is 1. The first-order valence-corrected chi connectivity index (χ1v) is 8.58. The number of fused-ring (bicyclic) bond motifs is 1. The lowest BCUT2D eigenvalue weighted by Crippen LogP contribution is -2.16. The van der Waals surface area contributed by atoms with Crippen LogP contribution in [0, 0.1) is 9.81 Å². The van der Waals surface area contributed by atoms with Gasteiger partial charge in [-0.05, 0) is 72.0 Å². The molecule has 0 saturated carbocycles. The lowest BCUT2D eigenvalue weighted by molar-refractivity contribution is 0.608. The highest BCUT2D eigenvalue weighted by atomic mass is 127. The van der Waals surface area contributed by atoms with E-state index in [-0.39, 0.29) is 0 Å². The van der Waals surface area contributed by atoms with Gasteiger partial charge in [-0.2, -0.15) is 0 Å². The van der Waals surface area contributed by atoms with E-state index < -0.39 is 0 Å². The summed E-state index contributed by atoms with van der Waals surface area (Å²) in [6.45, 7) is 2.07. The second kappa shape index (κ2) is 5.58. The van der Waals surface area contributed by atoms with E-state index in [0.29, 0.717) is 11.2 Å². The smallest absolute Gasteiger partial charge is 0.152 e. The van der Waals surface area contributed by atoms with E-state index in [1.54, 1.807) is 6.20 Å². The molecule has 2 nitrogen and oxygen atoms in total. The summed E-state index contributed by atoms with van der Waals surface area (Å²) >= 11 is 10.5. The lowest BCUT2D eigenvalue weighted by atomic mass is 9.94. The maximum atomic E-state index is 6.21. The van der Waals surface area contributed by atoms with Crippen LogP contribution >= 0.6 is 45.5 Å². The number of thiophene rings is 1. The molecule has 19 heavy (non-hydrogen) atoms. The van der Waals surface area contributed by atoms with Crippen LogP contribution in [0.4, 0.5) is 5.69 Å². The zero-order valence-electron chi connectivity index (χ0n) is 10.5. The van der Waals surface area contributed by atoms with Crippen molar-refractivity contribution in [1.29, 1.82) is 0 Å². The number of rotatable bonds is 2. The fourth-order valence-corrected chi connectivity index (χ4v) is 4.92. The fraction of sp³-hybridized carbons (Fsp3) is 0.357. The van der Waals surface area contributed by atoms with Gasteiger partial charge < -0.3 is 5.32 Å². The molecule has 0 radical (unpaired) electrons. The average Bonchev–Trinajstić information content (AvgIpc) is 2.75.